The lowest BCUT2D eigenvalue weighted by molar-refractivity contribution is -0.385. The van der Waals surface area contributed by atoms with Crippen LogP contribution in [0.5, 0.6) is 0 Å². The monoisotopic (exact) mass is 281 g/mol. The molecule has 110 valence electrons. The van der Waals surface area contributed by atoms with Crippen molar-refractivity contribution in [3.63, 3.8) is 0 Å². The van der Waals surface area contributed by atoms with Crippen LogP contribution in [-0.4, -0.2) is 41.7 Å². The first-order valence-corrected chi connectivity index (χ1v) is 6.55. The van der Waals surface area contributed by atoms with Crippen molar-refractivity contribution in [1.82, 2.24) is 9.97 Å². The molecule has 2 rings (SSSR count). The van der Waals surface area contributed by atoms with Gasteiger partial charge in [0.15, 0.2) is 0 Å². The molecule has 1 saturated heterocycles. The number of ether oxygens (including phenoxy) is 1. The maximum absolute atomic E-state index is 11.2. The summed E-state index contributed by atoms with van der Waals surface area (Å²) in [7, 11) is 1.66. The molecule has 0 aliphatic carbocycles. The highest BCUT2D eigenvalue weighted by Crippen LogP contribution is 2.32. The number of nitrogens with zero attached hydrogens (tertiary/aromatic N) is 4. The van der Waals surface area contributed by atoms with Crippen molar-refractivity contribution in [1.29, 1.82) is 0 Å². The lowest BCUT2D eigenvalue weighted by Gasteiger charge is -2.33. The molecule has 0 amide bonds. The van der Waals surface area contributed by atoms with E-state index in [1.807, 2.05) is 4.90 Å². The van der Waals surface area contributed by atoms with Gasteiger partial charge in [-0.25, -0.2) is 4.98 Å². The molecule has 0 saturated carbocycles. The highest BCUT2D eigenvalue weighted by atomic mass is 16.6. The summed E-state index contributed by atoms with van der Waals surface area (Å²) < 4.78 is 5.17. The summed E-state index contributed by atoms with van der Waals surface area (Å²) in [5, 5.41) is 11.2. The molecule has 0 bridgehead atoms. The van der Waals surface area contributed by atoms with Gasteiger partial charge in [-0.15, -0.1) is 0 Å². The number of methoxy groups -OCH3 is 1. The summed E-state index contributed by atoms with van der Waals surface area (Å²) in [5.41, 5.74) is 5.87. The van der Waals surface area contributed by atoms with Crippen LogP contribution in [0.3, 0.4) is 0 Å². The third-order valence-electron chi connectivity index (χ3n) is 3.46. The Morgan fingerprint density at radius 1 is 1.55 bits per heavy atom. The molecule has 0 spiro atoms. The van der Waals surface area contributed by atoms with Gasteiger partial charge in [-0.1, -0.05) is 0 Å². The molecule has 2 heterocycles. The quantitative estimate of drug-likeness (QED) is 0.651. The maximum Gasteiger partial charge on any atom is 0.332 e. The number of hydrogen-bond donors (Lipinski definition) is 1. The first kappa shape index (κ1) is 14.4. The van der Waals surface area contributed by atoms with Crippen LogP contribution in [-0.2, 0) is 4.74 Å². The van der Waals surface area contributed by atoms with Crippen molar-refractivity contribution < 1.29 is 9.66 Å². The van der Waals surface area contributed by atoms with Crippen LogP contribution in [0.1, 0.15) is 18.5 Å². The van der Waals surface area contributed by atoms with Gasteiger partial charge < -0.3 is 15.4 Å². The number of rotatable bonds is 4. The number of nitro groups is 1. The summed E-state index contributed by atoms with van der Waals surface area (Å²) in [6, 6.07) is 0. The van der Waals surface area contributed by atoms with Crippen LogP contribution >= 0.6 is 0 Å². The second-order valence-corrected chi connectivity index (χ2v) is 5.01. The fourth-order valence-electron chi connectivity index (χ4n) is 2.64. The van der Waals surface area contributed by atoms with Crippen LogP contribution in [0.2, 0.25) is 0 Å². The molecule has 8 heteroatoms. The normalized spacial score (nSPS) is 19.1. The zero-order valence-electron chi connectivity index (χ0n) is 11.7. The van der Waals surface area contributed by atoms with Crippen LogP contribution in [0.4, 0.5) is 17.5 Å². The van der Waals surface area contributed by atoms with Gasteiger partial charge in [0.2, 0.25) is 11.8 Å². The summed E-state index contributed by atoms with van der Waals surface area (Å²) in [6.07, 6.45) is 2.01. The van der Waals surface area contributed by atoms with Gasteiger partial charge in [0.1, 0.15) is 5.69 Å². The van der Waals surface area contributed by atoms with E-state index in [4.69, 9.17) is 10.5 Å². The van der Waals surface area contributed by atoms with Gasteiger partial charge >= 0.3 is 5.69 Å². The van der Waals surface area contributed by atoms with Crippen molar-refractivity contribution in [2.24, 2.45) is 5.92 Å². The number of anilines is 2. The zero-order valence-corrected chi connectivity index (χ0v) is 11.7. The topological polar surface area (TPSA) is 107 Å². The van der Waals surface area contributed by atoms with Crippen molar-refractivity contribution in [2.75, 3.05) is 37.4 Å². The highest BCUT2D eigenvalue weighted by molar-refractivity contribution is 5.62. The second kappa shape index (κ2) is 6.00. The minimum atomic E-state index is -0.440. The first-order valence-electron chi connectivity index (χ1n) is 6.55. The molecule has 2 N–H and O–H groups in total. The van der Waals surface area contributed by atoms with Crippen molar-refractivity contribution in [3.8, 4) is 0 Å². The average molecular weight is 281 g/mol. The van der Waals surface area contributed by atoms with Crippen molar-refractivity contribution in [2.45, 2.75) is 19.8 Å². The molecule has 1 unspecified atom stereocenters. The lowest BCUT2D eigenvalue weighted by Crippen LogP contribution is -2.38. The van der Waals surface area contributed by atoms with E-state index < -0.39 is 4.92 Å². The van der Waals surface area contributed by atoms with Crippen LogP contribution < -0.4 is 10.6 Å². The lowest BCUT2D eigenvalue weighted by atomic mass is 9.99. The largest absolute Gasteiger partial charge is 0.384 e. The Balaban J connectivity index is 2.33. The minimum Gasteiger partial charge on any atom is -0.384 e. The third-order valence-corrected chi connectivity index (χ3v) is 3.46. The molecule has 20 heavy (non-hydrogen) atoms. The van der Waals surface area contributed by atoms with E-state index in [9.17, 15) is 10.1 Å². The first-order chi connectivity index (χ1) is 9.52. The Bertz CT molecular complexity index is 506. The van der Waals surface area contributed by atoms with Crippen molar-refractivity contribution >= 4 is 17.5 Å². The summed E-state index contributed by atoms with van der Waals surface area (Å²) >= 11 is 0. The fourth-order valence-corrected chi connectivity index (χ4v) is 2.64. The van der Waals surface area contributed by atoms with Crippen LogP contribution in [0, 0.1) is 23.0 Å². The number of hydrogen-bond acceptors (Lipinski definition) is 7. The van der Waals surface area contributed by atoms with Gasteiger partial charge in [-0.2, -0.15) is 4.98 Å². The Hall–Kier alpha value is -1.96. The summed E-state index contributed by atoms with van der Waals surface area (Å²) in [5.74, 6) is 0.739. The standard InChI is InChI=1S/C12H19N5O3/c1-8-10(17(18)19)11(15-12(13)14-8)16-5-3-4-9(6-16)7-20-2/h9H,3-7H2,1-2H3,(H2,13,14,15). The number of aromatic nitrogens is 2. The van der Waals surface area contributed by atoms with Crippen molar-refractivity contribution in [3.05, 3.63) is 15.8 Å². The molecule has 1 aliphatic heterocycles. The Morgan fingerprint density at radius 2 is 2.30 bits per heavy atom. The number of piperidine rings is 1. The molecular weight excluding hydrogens is 262 g/mol. The summed E-state index contributed by atoms with van der Waals surface area (Å²) in [6.45, 7) is 3.64. The van der Waals surface area contributed by atoms with Gasteiger partial charge in [0.05, 0.1) is 11.5 Å². The average Bonchev–Trinajstić information content (AvgIpc) is 2.38. The van der Waals surface area contributed by atoms with E-state index in [-0.39, 0.29) is 11.6 Å². The number of nitrogens with two attached hydrogens (primary N) is 1. The van der Waals surface area contributed by atoms with Gasteiger partial charge in [0.25, 0.3) is 0 Å². The summed E-state index contributed by atoms with van der Waals surface area (Å²) in [4.78, 5) is 20.7. The van der Waals surface area contributed by atoms with E-state index in [1.165, 1.54) is 0 Å². The van der Waals surface area contributed by atoms with E-state index >= 15 is 0 Å². The molecule has 0 aromatic carbocycles. The predicted octanol–water partition coefficient (Wildman–Crippen LogP) is 1.14. The molecule has 1 atom stereocenters. The Kier molecular flexibility index (Phi) is 4.33. The van der Waals surface area contributed by atoms with Gasteiger partial charge in [0, 0.05) is 20.2 Å². The number of nitrogen functional groups attached to an aromatic ring is 1. The zero-order chi connectivity index (χ0) is 14.7. The molecule has 1 aromatic rings. The Morgan fingerprint density at radius 3 is 2.95 bits per heavy atom. The Labute approximate surface area is 117 Å². The van der Waals surface area contributed by atoms with Gasteiger partial charge in [-0.05, 0) is 25.7 Å². The molecular formula is C12H19N5O3. The molecule has 8 nitrogen and oxygen atoms in total. The predicted molar refractivity (Wildman–Crippen MR) is 74.6 cm³/mol. The molecule has 1 aromatic heterocycles. The van der Waals surface area contributed by atoms with Gasteiger partial charge in [-0.3, -0.25) is 10.1 Å². The minimum absolute atomic E-state index is 0.0581. The van der Waals surface area contributed by atoms with Crippen LogP contribution in [0.25, 0.3) is 0 Å². The highest BCUT2D eigenvalue weighted by Gasteiger charge is 2.29. The maximum atomic E-state index is 11.2. The van der Waals surface area contributed by atoms with E-state index in [1.54, 1.807) is 14.0 Å². The second-order valence-electron chi connectivity index (χ2n) is 5.01. The van der Waals surface area contributed by atoms with E-state index in [2.05, 4.69) is 9.97 Å². The van der Waals surface area contributed by atoms with Crippen LogP contribution in [0.15, 0.2) is 0 Å². The number of aryl methyl sites for hydroxylation is 1. The smallest absolute Gasteiger partial charge is 0.332 e. The van der Waals surface area contributed by atoms with E-state index in [0.29, 0.717) is 30.6 Å². The molecule has 1 aliphatic rings. The molecule has 0 radical (unpaired) electrons. The third kappa shape index (κ3) is 2.96. The fraction of sp³-hybridized carbons (Fsp3) is 0.667. The molecule has 1 fully saturated rings. The SMILES string of the molecule is COCC1CCCN(c2nc(N)nc(C)c2[N+](=O)[O-])C1. The van der Waals surface area contributed by atoms with E-state index in [0.717, 1.165) is 19.4 Å².